The standard InChI is InChI=1S/C22H27N/c1-21(2)13-14-22(11-5-3-6-12-22)19-16-17(9-10-18(19)21)20-8-4-7-15-23-20/h4,7-10,15-16H,3,5-6,11-14H2,1-2H3. The third-order valence-electron chi connectivity index (χ3n) is 6.32. The molecule has 1 aromatic heterocycles. The predicted octanol–water partition coefficient (Wildman–Crippen LogP) is 6.02. The van der Waals surface area contributed by atoms with Crippen LogP contribution in [0.2, 0.25) is 0 Å². The second kappa shape index (κ2) is 5.47. The monoisotopic (exact) mass is 305 g/mol. The zero-order valence-corrected chi connectivity index (χ0v) is 14.4. The van der Waals surface area contributed by atoms with Gasteiger partial charge in [0.15, 0.2) is 0 Å². The first-order valence-electron chi connectivity index (χ1n) is 9.17. The first kappa shape index (κ1) is 14.9. The molecule has 120 valence electrons. The fourth-order valence-corrected chi connectivity index (χ4v) is 4.84. The number of hydrogen-bond acceptors (Lipinski definition) is 1. The quantitative estimate of drug-likeness (QED) is 0.627. The lowest BCUT2D eigenvalue weighted by Crippen LogP contribution is -2.39. The zero-order chi connectivity index (χ0) is 15.9. The number of rotatable bonds is 1. The van der Waals surface area contributed by atoms with Crippen molar-refractivity contribution in [3.63, 3.8) is 0 Å². The highest BCUT2D eigenvalue weighted by atomic mass is 14.7. The average Bonchev–Trinajstić information content (AvgIpc) is 2.60. The summed E-state index contributed by atoms with van der Waals surface area (Å²) in [7, 11) is 0. The van der Waals surface area contributed by atoms with Gasteiger partial charge in [0.2, 0.25) is 0 Å². The molecule has 0 bridgehead atoms. The predicted molar refractivity (Wildman–Crippen MR) is 96.7 cm³/mol. The molecule has 1 aromatic carbocycles. The van der Waals surface area contributed by atoms with Gasteiger partial charge in [0.25, 0.3) is 0 Å². The van der Waals surface area contributed by atoms with Gasteiger partial charge in [0, 0.05) is 11.8 Å². The SMILES string of the molecule is CC1(C)CCC2(CCCCC2)c2cc(-c3ccccn3)ccc21. The summed E-state index contributed by atoms with van der Waals surface area (Å²) in [5, 5.41) is 0. The van der Waals surface area contributed by atoms with Gasteiger partial charge in [-0.3, -0.25) is 4.98 Å². The average molecular weight is 305 g/mol. The van der Waals surface area contributed by atoms with Crippen molar-refractivity contribution >= 4 is 0 Å². The highest BCUT2D eigenvalue weighted by Crippen LogP contribution is 2.53. The van der Waals surface area contributed by atoms with E-state index in [1.165, 1.54) is 50.5 Å². The summed E-state index contributed by atoms with van der Waals surface area (Å²) in [4.78, 5) is 4.57. The Morgan fingerprint density at radius 1 is 0.826 bits per heavy atom. The van der Waals surface area contributed by atoms with E-state index in [-0.39, 0.29) is 0 Å². The highest BCUT2D eigenvalue weighted by Gasteiger charge is 2.43. The minimum atomic E-state index is 0.306. The third-order valence-corrected chi connectivity index (χ3v) is 6.32. The molecule has 2 aliphatic rings. The van der Waals surface area contributed by atoms with Crippen LogP contribution in [0.15, 0.2) is 42.6 Å². The van der Waals surface area contributed by atoms with Crippen LogP contribution in [0.1, 0.15) is 69.9 Å². The lowest BCUT2D eigenvalue weighted by atomic mass is 9.57. The zero-order valence-electron chi connectivity index (χ0n) is 14.4. The van der Waals surface area contributed by atoms with Crippen LogP contribution in [-0.4, -0.2) is 4.98 Å². The fraction of sp³-hybridized carbons (Fsp3) is 0.500. The van der Waals surface area contributed by atoms with Gasteiger partial charge in [0.05, 0.1) is 5.69 Å². The maximum absolute atomic E-state index is 4.57. The van der Waals surface area contributed by atoms with Gasteiger partial charge >= 0.3 is 0 Å². The fourth-order valence-electron chi connectivity index (χ4n) is 4.84. The number of pyridine rings is 1. The summed E-state index contributed by atoms with van der Waals surface area (Å²) >= 11 is 0. The summed E-state index contributed by atoms with van der Waals surface area (Å²) in [6.07, 6.45) is 11.5. The van der Waals surface area contributed by atoms with Crippen molar-refractivity contribution in [1.82, 2.24) is 4.98 Å². The third kappa shape index (κ3) is 2.51. The van der Waals surface area contributed by atoms with Crippen LogP contribution in [-0.2, 0) is 10.8 Å². The topological polar surface area (TPSA) is 12.9 Å². The van der Waals surface area contributed by atoms with E-state index >= 15 is 0 Å². The van der Waals surface area contributed by atoms with Crippen LogP contribution in [0.5, 0.6) is 0 Å². The van der Waals surface area contributed by atoms with Crippen LogP contribution in [0, 0.1) is 0 Å². The van der Waals surface area contributed by atoms with Crippen molar-refractivity contribution in [2.24, 2.45) is 0 Å². The molecule has 0 saturated heterocycles. The van der Waals surface area contributed by atoms with E-state index in [4.69, 9.17) is 0 Å². The molecule has 0 unspecified atom stereocenters. The molecule has 2 aromatic rings. The highest BCUT2D eigenvalue weighted by molar-refractivity contribution is 5.63. The van der Waals surface area contributed by atoms with Crippen LogP contribution >= 0.6 is 0 Å². The summed E-state index contributed by atoms with van der Waals surface area (Å²) in [5.74, 6) is 0. The van der Waals surface area contributed by atoms with Crippen LogP contribution in [0.3, 0.4) is 0 Å². The Balaban J connectivity index is 1.86. The van der Waals surface area contributed by atoms with Crippen LogP contribution in [0.25, 0.3) is 11.3 Å². The van der Waals surface area contributed by atoms with Crippen LogP contribution < -0.4 is 0 Å². The van der Waals surface area contributed by atoms with E-state index in [2.05, 4.69) is 49.2 Å². The van der Waals surface area contributed by atoms with Gasteiger partial charge in [-0.25, -0.2) is 0 Å². The van der Waals surface area contributed by atoms with Gasteiger partial charge in [-0.1, -0.05) is 51.3 Å². The van der Waals surface area contributed by atoms with E-state index in [0.29, 0.717) is 10.8 Å². The second-order valence-corrected chi connectivity index (χ2v) is 8.20. The first-order valence-corrected chi connectivity index (χ1v) is 9.17. The van der Waals surface area contributed by atoms with E-state index < -0.39 is 0 Å². The minimum Gasteiger partial charge on any atom is -0.256 e. The lowest BCUT2D eigenvalue weighted by Gasteiger charge is -2.48. The largest absolute Gasteiger partial charge is 0.256 e. The lowest BCUT2D eigenvalue weighted by molar-refractivity contribution is 0.222. The molecule has 0 radical (unpaired) electrons. The Hall–Kier alpha value is -1.63. The van der Waals surface area contributed by atoms with E-state index in [1.54, 1.807) is 11.1 Å². The second-order valence-electron chi connectivity index (χ2n) is 8.20. The Morgan fingerprint density at radius 3 is 2.39 bits per heavy atom. The van der Waals surface area contributed by atoms with E-state index in [1.807, 2.05) is 12.3 Å². The number of aromatic nitrogens is 1. The summed E-state index contributed by atoms with van der Waals surface area (Å²) in [5.41, 5.74) is 6.35. The number of fused-ring (bicyclic) bond motifs is 2. The summed E-state index contributed by atoms with van der Waals surface area (Å²) in [6.45, 7) is 4.84. The molecule has 1 heteroatoms. The van der Waals surface area contributed by atoms with Gasteiger partial charge < -0.3 is 0 Å². The molecule has 1 saturated carbocycles. The maximum atomic E-state index is 4.57. The van der Waals surface area contributed by atoms with Gasteiger partial charge in [0.1, 0.15) is 0 Å². The number of nitrogens with zero attached hydrogens (tertiary/aromatic N) is 1. The molecule has 23 heavy (non-hydrogen) atoms. The van der Waals surface area contributed by atoms with Gasteiger partial charge in [-0.15, -0.1) is 0 Å². The molecule has 0 N–H and O–H groups in total. The Morgan fingerprint density at radius 2 is 1.65 bits per heavy atom. The molecule has 2 aliphatic carbocycles. The summed E-state index contributed by atoms with van der Waals surface area (Å²) in [6, 6.07) is 13.4. The number of hydrogen-bond donors (Lipinski definition) is 0. The van der Waals surface area contributed by atoms with Crippen molar-refractivity contribution in [3.8, 4) is 11.3 Å². The molecule has 0 aliphatic heterocycles. The molecular weight excluding hydrogens is 278 g/mol. The molecule has 1 spiro atoms. The van der Waals surface area contributed by atoms with Crippen LogP contribution in [0.4, 0.5) is 0 Å². The van der Waals surface area contributed by atoms with Gasteiger partial charge in [-0.05, 0) is 65.8 Å². The first-order chi connectivity index (χ1) is 11.1. The molecule has 0 amide bonds. The molecule has 1 fully saturated rings. The Bertz CT molecular complexity index is 693. The van der Waals surface area contributed by atoms with Crippen molar-refractivity contribution in [1.29, 1.82) is 0 Å². The van der Waals surface area contributed by atoms with Crippen molar-refractivity contribution in [3.05, 3.63) is 53.7 Å². The van der Waals surface area contributed by atoms with E-state index in [0.717, 1.165) is 5.69 Å². The van der Waals surface area contributed by atoms with Crippen molar-refractivity contribution < 1.29 is 0 Å². The smallest absolute Gasteiger partial charge is 0.0702 e. The molecule has 0 atom stereocenters. The molecule has 4 rings (SSSR count). The van der Waals surface area contributed by atoms with Crippen molar-refractivity contribution in [2.45, 2.75) is 69.6 Å². The molecular formula is C22H27N. The van der Waals surface area contributed by atoms with Gasteiger partial charge in [-0.2, -0.15) is 0 Å². The number of benzene rings is 1. The maximum Gasteiger partial charge on any atom is 0.0702 e. The van der Waals surface area contributed by atoms with Crippen molar-refractivity contribution in [2.75, 3.05) is 0 Å². The minimum absolute atomic E-state index is 0.306. The molecule has 1 nitrogen and oxygen atoms in total. The van der Waals surface area contributed by atoms with E-state index in [9.17, 15) is 0 Å². The summed E-state index contributed by atoms with van der Waals surface area (Å²) < 4.78 is 0. The normalized spacial score (nSPS) is 21.8. The molecule has 1 heterocycles. The Kier molecular flexibility index (Phi) is 3.55. The Labute approximate surface area is 140 Å².